The standard InChI is InChI=1S/C48H33NS/c1-5-15-34(16-6-1)39-32-44(36-17-7-2-8-18-36)49-45(33-39)37-27-25-35(26-28-37)38-29-30-47-43(31-38)48(40-19-9-3-10-20-40,41-21-11-4-12-22-41)42-23-13-14-24-46(42)50-47/h1-33H. The molecule has 0 fully saturated rings. The van der Waals surface area contributed by atoms with Crippen LogP contribution in [0, 0.1) is 0 Å². The molecule has 0 saturated carbocycles. The van der Waals surface area contributed by atoms with Crippen LogP contribution in [-0.4, -0.2) is 4.98 Å². The Morgan fingerprint density at radius 3 is 1.38 bits per heavy atom. The van der Waals surface area contributed by atoms with E-state index in [0.717, 1.165) is 28.1 Å². The van der Waals surface area contributed by atoms with Gasteiger partial charge in [-0.25, -0.2) is 4.98 Å². The van der Waals surface area contributed by atoms with Crippen molar-refractivity contribution in [3.63, 3.8) is 0 Å². The molecule has 7 aromatic carbocycles. The summed E-state index contributed by atoms with van der Waals surface area (Å²) in [5.74, 6) is 0. The van der Waals surface area contributed by atoms with Gasteiger partial charge in [0.05, 0.1) is 16.8 Å². The molecule has 0 aliphatic carbocycles. The van der Waals surface area contributed by atoms with E-state index in [0.29, 0.717) is 0 Å². The second-order valence-corrected chi connectivity index (χ2v) is 13.8. The fraction of sp³-hybridized carbons (Fsp3) is 0.0208. The SMILES string of the molecule is c1ccc(-c2cc(-c3ccccc3)nc(-c3ccc(-c4ccc5c(c4)C(c4ccccc4)(c4ccccc4)c4ccccc4S5)cc3)c2)cc1. The van der Waals surface area contributed by atoms with E-state index in [1.807, 2.05) is 17.8 Å². The molecule has 2 heteroatoms. The summed E-state index contributed by atoms with van der Waals surface area (Å²) in [6.07, 6.45) is 0. The van der Waals surface area contributed by atoms with Crippen molar-refractivity contribution < 1.29 is 0 Å². The first-order chi connectivity index (χ1) is 24.8. The maximum Gasteiger partial charge on any atom is 0.0723 e. The van der Waals surface area contributed by atoms with Gasteiger partial charge in [-0.2, -0.15) is 0 Å². The quantitative estimate of drug-likeness (QED) is 0.177. The number of nitrogens with zero attached hydrogens (tertiary/aromatic N) is 1. The summed E-state index contributed by atoms with van der Waals surface area (Å²) in [4.78, 5) is 7.74. The molecule has 0 bridgehead atoms. The van der Waals surface area contributed by atoms with Gasteiger partial charge in [0.2, 0.25) is 0 Å². The van der Waals surface area contributed by atoms with Gasteiger partial charge in [0.25, 0.3) is 0 Å². The van der Waals surface area contributed by atoms with E-state index in [1.165, 1.54) is 48.7 Å². The van der Waals surface area contributed by atoms with Crippen molar-refractivity contribution >= 4 is 11.8 Å². The highest BCUT2D eigenvalue weighted by atomic mass is 32.2. The molecule has 236 valence electrons. The predicted octanol–water partition coefficient (Wildman–Crippen LogP) is 12.6. The van der Waals surface area contributed by atoms with Crippen LogP contribution < -0.4 is 0 Å². The zero-order valence-corrected chi connectivity index (χ0v) is 28.2. The van der Waals surface area contributed by atoms with E-state index in [-0.39, 0.29) is 0 Å². The molecule has 0 radical (unpaired) electrons. The molecule has 50 heavy (non-hydrogen) atoms. The zero-order chi connectivity index (χ0) is 33.3. The molecular weight excluding hydrogens is 623 g/mol. The fourth-order valence-electron chi connectivity index (χ4n) is 7.45. The highest BCUT2D eigenvalue weighted by molar-refractivity contribution is 7.99. The van der Waals surface area contributed by atoms with Crippen LogP contribution in [0.5, 0.6) is 0 Å². The molecular formula is C48H33NS. The summed E-state index contributed by atoms with van der Waals surface area (Å²) in [7, 11) is 0. The predicted molar refractivity (Wildman–Crippen MR) is 208 cm³/mol. The maximum atomic E-state index is 5.16. The van der Waals surface area contributed by atoms with E-state index in [1.54, 1.807) is 0 Å². The number of pyridine rings is 1. The molecule has 0 N–H and O–H groups in total. The van der Waals surface area contributed by atoms with Gasteiger partial charge in [0.1, 0.15) is 0 Å². The first-order valence-electron chi connectivity index (χ1n) is 17.0. The minimum Gasteiger partial charge on any atom is -0.248 e. The average molecular weight is 656 g/mol. The third kappa shape index (κ3) is 5.26. The monoisotopic (exact) mass is 655 g/mol. The second-order valence-electron chi connectivity index (χ2n) is 12.7. The highest BCUT2D eigenvalue weighted by Crippen LogP contribution is 2.56. The Labute approximate surface area is 298 Å². The zero-order valence-electron chi connectivity index (χ0n) is 27.4. The molecule has 1 nitrogen and oxygen atoms in total. The molecule has 1 aromatic heterocycles. The summed E-state index contributed by atoms with van der Waals surface area (Å²) in [6.45, 7) is 0. The van der Waals surface area contributed by atoms with Gasteiger partial charge < -0.3 is 0 Å². The van der Waals surface area contributed by atoms with Crippen LogP contribution in [0.3, 0.4) is 0 Å². The van der Waals surface area contributed by atoms with Gasteiger partial charge >= 0.3 is 0 Å². The van der Waals surface area contributed by atoms with Gasteiger partial charge in [-0.05, 0) is 74.8 Å². The smallest absolute Gasteiger partial charge is 0.0723 e. The van der Waals surface area contributed by atoms with Crippen molar-refractivity contribution in [2.75, 3.05) is 0 Å². The molecule has 2 heterocycles. The summed E-state index contributed by atoms with van der Waals surface area (Å²) in [5.41, 5.74) is 13.6. The van der Waals surface area contributed by atoms with Crippen molar-refractivity contribution in [1.82, 2.24) is 4.98 Å². The summed E-state index contributed by atoms with van der Waals surface area (Å²) >= 11 is 1.87. The lowest BCUT2D eigenvalue weighted by Crippen LogP contribution is -2.34. The van der Waals surface area contributed by atoms with Gasteiger partial charge in [-0.1, -0.05) is 182 Å². The highest BCUT2D eigenvalue weighted by Gasteiger charge is 2.44. The number of aromatic nitrogens is 1. The summed E-state index contributed by atoms with van der Waals surface area (Å²) in [5, 5.41) is 0. The summed E-state index contributed by atoms with van der Waals surface area (Å²) < 4.78 is 0. The Morgan fingerprint density at radius 1 is 0.320 bits per heavy atom. The molecule has 0 spiro atoms. The number of rotatable bonds is 6. The van der Waals surface area contributed by atoms with Crippen molar-refractivity contribution in [3.8, 4) is 44.8 Å². The molecule has 9 rings (SSSR count). The normalized spacial score (nSPS) is 12.9. The molecule has 0 atom stereocenters. The first kappa shape index (κ1) is 30.1. The Balaban J connectivity index is 1.17. The molecule has 1 aliphatic rings. The van der Waals surface area contributed by atoms with Gasteiger partial charge in [0, 0.05) is 20.9 Å². The Kier molecular flexibility index (Phi) is 7.72. The first-order valence-corrected chi connectivity index (χ1v) is 17.9. The van der Waals surface area contributed by atoms with Crippen LogP contribution in [0.4, 0.5) is 0 Å². The lowest BCUT2D eigenvalue weighted by Gasteiger charge is -2.42. The van der Waals surface area contributed by atoms with Crippen LogP contribution in [0.25, 0.3) is 44.8 Å². The maximum absolute atomic E-state index is 5.16. The number of fused-ring (bicyclic) bond motifs is 2. The molecule has 8 aromatic rings. The molecule has 1 aliphatic heterocycles. The second kappa shape index (κ2) is 12.8. The van der Waals surface area contributed by atoms with Crippen LogP contribution in [0.1, 0.15) is 22.3 Å². The van der Waals surface area contributed by atoms with E-state index in [2.05, 4.69) is 194 Å². The third-order valence-electron chi connectivity index (χ3n) is 9.82. The minimum atomic E-state index is -0.453. The van der Waals surface area contributed by atoms with Crippen LogP contribution in [0.15, 0.2) is 210 Å². The van der Waals surface area contributed by atoms with Crippen molar-refractivity contribution in [2.24, 2.45) is 0 Å². The summed E-state index contributed by atoms with van der Waals surface area (Å²) in [6, 6.07) is 72.2. The fourth-order valence-corrected chi connectivity index (χ4v) is 8.62. The van der Waals surface area contributed by atoms with Crippen molar-refractivity contribution in [1.29, 1.82) is 0 Å². The minimum absolute atomic E-state index is 0.453. The molecule has 0 amide bonds. The lowest BCUT2D eigenvalue weighted by molar-refractivity contribution is 0.703. The van der Waals surface area contributed by atoms with E-state index in [9.17, 15) is 0 Å². The van der Waals surface area contributed by atoms with E-state index < -0.39 is 5.41 Å². The van der Waals surface area contributed by atoms with Crippen LogP contribution >= 0.6 is 11.8 Å². The Morgan fingerprint density at radius 2 is 0.760 bits per heavy atom. The Hall–Kier alpha value is -5.96. The van der Waals surface area contributed by atoms with Gasteiger partial charge in [-0.15, -0.1) is 0 Å². The number of benzene rings is 7. The van der Waals surface area contributed by atoms with Crippen molar-refractivity contribution in [3.05, 3.63) is 222 Å². The third-order valence-corrected chi connectivity index (χ3v) is 11.0. The average Bonchev–Trinajstić information content (AvgIpc) is 3.21. The van der Waals surface area contributed by atoms with E-state index >= 15 is 0 Å². The van der Waals surface area contributed by atoms with Gasteiger partial charge in [0.15, 0.2) is 0 Å². The van der Waals surface area contributed by atoms with Crippen LogP contribution in [-0.2, 0) is 5.41 Å². The van der Waals surface area contributed by atoms with E-state index in [4.69, 9.17) is 4.98 Å². The molecule has 0 saturated heterocycles. The van der Waals surface area contributed by atoms with Gasteiger partial charge in [-0.3, -0.25) is 0 Å². The number of hydrogen-bond donors (Lipinski definition) is 0. The molecule has 0 unspecified atom stereocenters. The largest absolute Gasteiger partial charge is 0.248 e. The van der Waals surface area contributed by atoms with Crippen molar-refractivity contribution in [2.45, 2.75) is 15.2 Å². The van der Waals surface area contributed by atoms with Crippen LogP contribution in [0.2, 0.25) is 0 Å². The Bertz CT molecular complexity index is 2320. The topological polar surface area (TPSA) is 12.9 Å². The lowest BCUT2D eigenvalue weighted by atomic mass is 9.64. The number of hydrogen-bond acceptors (Lipinski definition) is 2.